The standard InChI is InChI=1S/C13H22INO2/c1-13(2,3)17-12(16)15-11-6-4-10(5-7-11)8-9-14/h8-11H,4-7H2,1-3H3,(H,15,16)/b9-8-. The number of rotatable bonds is 2. The van der Waals surface area contributed by atoms with Crippen molar-refractivity contribution in [2.24, 2.45) is 5.92 Å². The monoisotopic (exact) mass is 351 g/mol. The lowest BCUT2D eigenvalue weighted by Crippen LogP contribution is -2.40. The Morgan fingerprint density at radius 1 is 1.29 bits per heavy atom. The van der Waals surface area contributed by atoms with Gasteiger partial charge in [-0.15, -0.1) is 0 Å². The summed E-state index contributed by atoms with van der Waals surface area (Å²) in [4.78, 5) is 11.6. The number of hydrogen-bond donors (Lipinski definition) is 1. The van der Waals surface area contributed by atoms with E-state index in [1.807, 2.05) is 20.8 Å². The fourth-order valence-electron chi connectivity index (χ4n) is 2.03. The van der Waals surface area contributed by atoms with Crippen molar-refractivity contribution in [1.82, 2.24) is 5.32 Å². The fourth-order valence-corrected chi connectivity index (χ4v) is 2.62. The van der Waals surface area contributed by atoms with Crippen LogP contribution in [0.5, 0.6) is 0 Å². The summed E-state index contributed by atoms with van der Waals surface area (Å²) in [7, 11) is 0. The molecule has 3 nitrogen and oxygen atoms in total. The van der Waals surface area contributed by atoms with E-state index in [-0.39, 0.29) is 12.1 Å². The minimum atomic E-state index is -0.411. The number of halogens is 1. The lowest BCUT2D eigenvalue weighted by molar-refractivity contribution is 0.0490. The van der Waals surface area contributed by atoms with Gasteiger partial charge in [-0.2, -0.15) is 0 Å². The molecule has 0 bridgehead atoms. The van der Waals surface area contributed by atoms with Gasteiger partial charge in [-0.1, -0.05) is 28.7 Å². The molecule has 1 fully saturated rings. The van der Waals surface area contributed by atoms with Crippen molar-refractivity contribution < 1.29 is 9.53 Å². The smallest absolute Gasteiger partial charge is 0.407 e. The van der Waals surface area contributed by atoms with Gasteiger partial charge >= 0.3 is 6.09 Å². The third-order valence-corrected chi connectivity index (χ3v) is 3.25. The van der Waals surface area contributed by atoms with E-state index in [4.69, 9.17) is 4.74 Å². The summed E-state index contributed by atoms with van der Waals surface area (Å²) in [5.41, 5.74) is -0.411. The van der Waals surface area contributed by atoms with Crippen LogP contribution in [0.1, 0.15) is 46.5 Å². The molecule has 0 atom stereocenters. The average Bonchev–Trinajstić information content (AvgIpc) is 2.18. The van der Waals surface area contributed by atoms with Crippen LogP contribution in [-0.4, -0.2) is 17.7 Å². The molecule has 0 aromatic carbocycles. The number of ether oxygens (including phenoxy) is 1. The van der Waals surface area contributed by atoms with Crippen molar-refractivity contribution in [2.45, 2.75) is 58.1 Å². The van der Waals surface area contributed by atoms with Gasteiger partial charge in [0.2, 0.25) is 0 Å². The topological polar surface area (TPSA) is 38.3 Å². The van der Waals surface area contributed by atoms with E-state index in [1.165, 1.54) is 0 Å². The van der Waals surface area contributed by atoms with Crippen LogP contribution in [0.2, 0.25) is 0 Å². The van der Waals surface area contributed by atoms with Gasteiger partial charge in [0.1, 0.15) is 5.60 Å². The molecule has 1 N–H and O–H groups in total. The third kappa shape index (κ3) is 6.29. The van der Waals surface area contributed by atoms with E-state index in [2.05, 4.69) is 38.1 Å². The first kappa shape index (κ1) is 14.8. The normalized spacial score (nSPS) is 25.9. The van der Waals surface area contributed by atoms with Crippen molar-refractivity contribution in [3.05, 3.63) is 10.2 Å². The molecular weight excluding hydrogens is 329 g/mol. The number of alkyl carbamates (subject to hydrolysis) is 1. The highest BCUT2D eigenvalue weighted by atomic mass is 127. The minimum absolute atomic E-state index is 0.281. The SMILES string of the molecule is CC(C)(C)OC(=O)NC1CCC(/C=C\I)CC1. The van der Waals surface area contributed by atoms with Gasteiger partial charge in [0.05, 0.1) is 0 Å². The molecule has 0 heterocycles. The molecule has 98 valence electrons. The number of carbonyl (C=O) groups excluding carboxylic acids is 1. The van der Waals surface area contributed by atoms with Gasteiger partial charge in [0, 0.05) is 6.04 Å². The molecule has 1 aliphatic carbocycles. The highest BCUT2D eigenvalue weighted by molar-refractivity contribution is 14.1. The summed E-state index contributed by atoms with van der Waals surface area (Å²) in [6, 6.07) is 0.281. The van der Waals surface area contributed by atoms with Gasteiger partial charge in [0.25, 0.3) is 0 Å². The molecular formula is C13H22INO2. The number of carbonyl (C=O) groups is 1. The van der Waals surface area contributed by atoms with E-state index < -0.39 is 5.60 Å². The Hall–Kier alpha value is -0.260. The molecule has 1 saturated carbocycles. The Morgan fingerprint density at radius 2 is 1.88 bits per heavy atom. The van der Waals surface area contributed by atoms with Crippen molar-refractivity contribution >= 4 is 28.7 Å². The summed E-state index contributed by atoms with van der Waals surface area (Å²) in [6.07, 6.45) is 6.37. The first-order valence-corrected chi connectivity index (χ1v) is 7.41. The van der Waals surface area contributed by atoms with Crippen molar-refractivity contribution in [1.29, 1.82) is 0 Å². The largest absolute Gasteiger partial charge is 0.444 e. The van der Waals surface area contributed by atoms with Crippen LogP contribution in [0.4, 0.5) is 4.79 Å². The van der Waals surface area contributed by atoms with Gasteiger partial charge in [-0.05, 0) is 56.5 Å². The molecule has 1 rings (SSSR count). The Morgan fingerprint density at radius 3 is 2.35 bits per heavy atom. The van der Waals surface area contributed by atoms with E-state index in [9.17, 15) is 4.79 Å². The number of amides is 1. The summed E-state index contributed by atoms with van der Waals surface area (Å²) in [5, 5.41) is 2.95. The van der Waals surface area contributed by atoms with Crippen LogP contribution < -0.4 is 5.32 Å². The van der Waals surface area contributed by atoms with Crippen LogP contribution >= 0.6 is 22.6 Å². The van der Waals surface area contributed by atoms with Crippen LogP contribution in [0.15, 0.2) is 10.2 Å². The van der Waals surface area contributed by atoms with Crippen LogP contribution in [0, 0.1) is 5.92 Å². The lowest BCUT2D eigenvalue weighted by Gasteiger charge is -2.28. The maximum absolute atomic E-state index is 11.6. The summed E-state index contributed by atoms with van der Waals surface area (Å²) in [5.74, 6) is 0.684. The summed E-state index contributed by atoms with van der Waals surface area (Å²) >= 11 is 2.26. The predicted molar refractivity (Wildman–Crippen MR) is 78.3 cm³/mol. The molecule has 0 saturated heterocycles. The first-order valence-electron chi connectivity index (χ1n) is 6.17. The maximum atomic E-state index is 11.6. The van der Waals surface area contributed by atoms with E-state index in [0.29, 0.717) is 5.92 Å². The van der Waals surface area contributed by atoms with Crippen molar-refractivity contribution in [3.63, 3.8) is 0 Å². The van der Waals surface area contributed by atoms with Gasteiger partial charge in [-0.3, -0.25) is 0 Å². The van der Waals surface area contributed by atoms with Crippen molar-refractivity contribution in [3.8, 4) is 0 Å². The minimum Gasteiger partial charge on any atom is -0.444 e. The zero-order valence-electron chi connectivity index (χ0n) is 10.8. The highest BCUT2D eigenvalue weighted by Crippen LogP contribution is 2.25. The van der Waals surface area contributed by atoms with Gasteiger partial charge in [0.15, 0.2) is 0 Å². The summed E-state index contributed by atoms with van der Waals surface area (Å²) in [6.45, 7) is 5.65. The molecule has 0 radical (unpaired) electrons. The van der Waals surface area contributed by atoms with Gasteiger partial charge < -0.3 is 10.1 Å². The molecule has 0 aliphatic heterocycles. The number of allylic oxidation sites excluding steroid dienone is 1. The molecule has 0 aromatic heterocycles. The number of hydrogen-bond acceptors (Lipinski definition) is 2. The molecule has 4 heteroatoms. The summed E-state index contributed by atoms with van der Waals surface area (Å²) < 4.78 is 7.34. The first-order chi connectivity index (χ1) is 7.90. The average molecular weight is 351 g/mol. The van der Waals surface area contributed by atoms with E-state index in [1.54, 1.807) is 0 Å². The highest BCUT2D eigenvalue weighted by Gasteiger charge is 2.23. The Labute approximate surface area is 118 Å². The zero-order valence-corrected chi connectivity index (χ0v) is 13.0. The van der Waals surface area contributed by atoms with Crippen LogP contribution in [0.3, 0.4) is 0 Å². The van der Waals surface area contributed by atoms with E-state index >= 15 is 0 Å². The predicted octanol–water partition coefficient (Wildman–Crippen LogP) is 4.02. The second-order valence-corrected chi connectivity index (χ2v) is 6.30. The maximum Gasteiger partial charge on any atom is 0.407 e. The van der Waals surface area contributed by atoms with Crippen LogP contribution in [-0.2, 0) is 4.74 Å². The fraction of sp³-hybridized carbons (Fsp3) is 0.769. The molecule has 0 aromatic rings. The third-order valence-electron chi connectivity index (χ3n) is 2.84. The lowest BCUT2D eigenvalue weighted by atomic mass is 9.86. The molecule has 0 spiro atoms. The Bertz CT molecular complexity index is 276. The molecule has 1 amide bonds. The van der Waals surface area contributed by atoms with Crippen LogP contribution in [0.25, 0.3) is 0 Å². The zero-order chi connectivity index (χ0) is 12.9. The molecule has 0 unspecified atom stereocenters. The Balaban J connectivity index is 2.28. The van der Waals surface area contributed by atoms with Gasteiger partial charge in [-0.25, -0.2) is 4.79 Å². The molecule has 17 heavy (non-hydrogen) atoms. The Kier molecular flexibility index (Phi) is 5.76. The molecule has 1 aliphatic rings. The second kappa shape index (κ2) is 6.61. The van der Waals surface area contributed by atoms with Crippen molar-refractivity contribution in [2.75, 3.05) is 0 Å². The number of nitrogens with one attached hydrogen (secondary N) is 1. The van der Waals surface area contributed by atoms with E-state index in [0.717, 1.165) is 25.7 Å². The quantitative estimate of drug-likeness (QED) is 0.764. The second-order valence-electron chi connectivity index (χ2n) is 5.58.